The third-order valence-corrected chi connectivity index (χ3v) is 5.72. The molecule has 0 spiro atoms. The molecule has 0 aliphatic heterocycles. The van der Waals surface area contributed by atoms with Crippen molar-refractivity contribution in [2.75, 3.05) is 5.32 Å². The monoisotopic (exact) mass is 377 g/mol. The van der Waals surface area contributed by atoms with E-state index in [1.807, 2.05) is 34.3 Å². The van der Waals surface area contributed by atoms with Gasteiger partial charge in [0.25, 0.3) is 5.91 Å². The minimum atomic E-state index is -0.153. The molecule has 3 aromatic rings. The Hall–Kier alpha value is -2.03. The third-order valence-electron chi connectivity index (χ3n) is 3.17. The maximum absolute atomic E-state index is 12.0. The molecule has 0 saturated heterocycles. The molecule has 2 N–H and O–H groups in total. The zero-order valence-corrected chi connectivity index (χ0v) is 15.1. The van der Waals surface area contributed by atoms with Crippen LogP contribution in [0.15, 0.2) is 40.4 Å². The van der Waals surface area contributed by atoms with Crippen molar-refractivity contribution in [3.05, 3.63) is 55.9 Å². The molecule has 3 aromatic heterocycles. The zero-order valence-electron chi connectivity index (χ0n) is 12.7. The molecule has 3 rings (SSSR count). The number of anilines is 1. The summed E-state index contributed by atoms with van der Waals surface area (Å²) in [4.78, 5) is 29.9. The summed E-state index contributed by atoms with van der Waals surface area (Å²) < 4.78 is 0. The molecule has 0 fully saturated rings. The Morgan fingerprint density at radius 2 is 1.92 bits per heavy atom. The maximum atomic E-state index is 12.0. The number of rotatable bonds is 7. The lowest BCUT2D eigenvalue weighted by atomic mass is 10.2. The molecule has 124 valence electrons. The van der Waals surface area contributed by atoms with E-state index in [4.69, 9.17) is 0 Å². The highest BCUT2D eigenvalue weighted by Crippen LogP contribution is 2.19. The second-order valence-corrected chi connectivity index (χ2v) is 7.77. The van der Waals surface area contributed by atoms with E-state index in [0.29, 0.717) is 29.4 Å². The van der Waals surface area contributed by atoms with Gasteiger partial charge in [0.15, 0.2) is 5.13 Å². The molecule has 0 atom stereocenters. The first-order chi connectivity index (χ1) is 11.7. The topological polar surface area (TPSA) is 71.1 Å². The molecule has 0 bridgehead atoms. The number of thiazole rings is 1. The van der Waals surface area contributed by atoms with Crippen LogP contribution in [0.1, 0.15) is 26.7 Å². The molecule has 0 aliphatic rings. The highest BCUT2D eigenvalue weighted by atomic mass is 32.1. The number of hydrogen-bond acceptors (Lipinski definition) is 6. The molecular weight excluding hydrogens is 362 g/mol. The van der Waals surface area contributed by atoms with Gasteiger partial charge in [-0.05, 0) is 29.3 Å². The van der Waals surface area contributed by atoms with Gasteiger partial charge >= 0.3 is 0 Å². The lowest BCUT2D eigenvalue weighted by Gasteiger charge is -2.02. The van der Waals surface area contributed by atoms with Crippen LogP contribution in [-0.2, 0) is 17.8 Å². The summed E-state index contributed by atoms with van der Waals surface area (Å²) in [5.74, 6) is -0.153. The molecule has 0 unspecified atom stereocenters. The van der Waals surface area contributed by atoms with Crippen molar-refractivity contribution in [2.24, 2.45) is 0 Å². The van der Waals surface area contributed by atoms with Gasteiger partial charge in [0.1, 0.15) is 0 Å². The third kappa shape index (κ3) is 4.73. The Kier molecular flexibility index (Phi) is 5.73. The molecular formula is C16H15N3O2S3. The first-order valence-corrected chi connectivity index (χ1v) is 9.93. The predicted octanol–water partition coefficient (Wildman–Crippen LogP) is 3.77. The fraction of sp³-hybridized carbons (Fsp3) is 0.188. The summed E-state index contributed by atoms with van der Waals surface area (Å²) in [7, 11) is 0. The zero-order chi connectivity index (χ0) is 16.8. The largest absolute Gasteiger partial charge is 0.351 e. The fourth-order valence-electron chi connectivity index (χ4n) is 1.97. The van der Waals surface area contributed by atoms with Crippen molar-refractivity contribution < 1.29 is 9.59 Å². The molecule has 0 aliphatic carbocycles. The summed E-state index contributed by atoms with van der Waals surface area (Å²) in [5, 5.41) is 11.9. The highest BCUT2D eigenvalue weighted by Gasteiger charge is 2.10. The van der Waals surface area contributed by atoms with E-state index >= 15 is 0 Å². The number of nitrogens with zero attached hydrogens (tertiary/aromatic N) is 1. The van der Waals surface area contributed by atoms with E-state index in [0.717, 1.165) is 10.6 Å². The van der Waals surface area contributed by atoms with E-state index < -0.39 is 0 Å². The first-order valence-electron chi connectivity index (χ1n) is 7.29. The van der Waals surface area contributed by atoms with Crippen LogP contribution in [0.5, 0.6) is 0 Å². The smallest absolute Gasteiger partial charge is 0.267 e. The van der Waals surface area contributed by atoms with Crippen molar-refractivity contribution >= 4 is 51.0 Å². The van der Waals surface area contributed by atoms with Crippen LogP contribution >= 0.6 is 34.0 Å². The minimum Gasteiger partial charge on any atom is -0.351 e. The standard InChI is InChI=1S/C16H15N3O2S3/c20-14(17-9-12-3-1-7-22-12)6-5-11-10-24-16(18-11)19-15(21)13-4-2-8-23-13/h1-4,7-8,10H,5-6,9H2,(H,17,20)(H,18,19,21). The lowest BCUT2D eigenvalue weighted by molar-refractivity contribution is -0.121. The van der Waals surface area contributed by atoms with Crippen molar-refractivity contribution in [1.82, 2.24) is 10.3 Å². The molecule has 24 heavy (non-hydrogen) atoms. The second-order valence-electron chi connectivity index (χ2n) is 4.93. The van der Waals surface area contributed by atoms with Crippen LogP contribution in [0.3, 0.4) is 0 Å². The van der Waals surface area contributed by atoms with E-state index in [-0.39, 0.29) is 11.8 Å². The van der Waals surface area contributed by atoms with Gasteiger partial charge in [0.2, 0.25) is 5.91 Å². The molecule has 0 saturated carbocycles. The SMILES string of the molecule is O=C(CCc1csc(NC(=O)c2cccs2)n1)NCc1cccs1. The number of thiophene rings is 2. The molecule has 0 radical (unpaired) electrons. The summed E-state index contributed by atoms with van der Waals surface area (Å²) >= 11 is 4.38. The van der Waals surface area contributed by atoms with Crippen LogP contribution in [0.25, 0.3) is 0 Å². The molecule has 8 heteroatoms. The predicted molar refractivity (Wildman–Crippen MR) is 98.9 cm³/mol. The van der Waals surface area contributed by atoms with Crippen molar-refractivity contribution in [3.8, 4) is 0 Å². The summed E-state index contributed by atoms with van der Waals surface area (Å²) in [6.45, 7) is 0.565. The van der Waals surface area contributed by atoms with Crippen LogP contribution in [-0.4, -0.2) is 16.8 Å². The van der Waals surface area contributed by atoms with Crippen LogP contribution < -0.4 is 10.6 Å². The number of aromatic nitrogens is 1. The van der Waals surface area contributed by atoms with Gasteiger partial charge in [-0.1, -0.05) is 12.1 Å². The Morgan fingerprint density at radius 3 is 2.67 bits per heavy atom. The van der Waals surface area contributed by atoms with E-state index in [2.05, 4.69) is 15.6 Å². The fourth-order valence-corrected chi connectivity index (χ4v) is 3.98. The van der Waals surface area contributed by atoms with Gasteiger partial charge in [-0.2, -0.15) is 0 Å². The molecule has 2 amide bonds. The Morgan fingerprint density at radius 1 is 1.08 bits per heavy atom. The van der Waals surface area contributed by atoms with Crippen LogP contribution in [0, 0.1) is 0 Å². The number of carbonyl (C=O) groups is 2. The number of aryl methyl sites for hydroxylation is 1. The Balaban J connectivity index is 1.44. The van der Waals surface area contributed by atoms with Crippen molar-refractivity contribution in [1.29, 1.82) is 0 Å². The van der Waals surface area contributed by atoms with Gasteiger partial charge in [-0.3, -0.25) is 14.9 Å². The second kappa shape index (κ2) is 8.18. The van der Waals surface area contributed by atoms with Gasteiger partial charge < -0.3 is 5.32 Å². The van der Waals surface area contributed by atoms with Gasteiger partial charge in [-0.25, -0.2) is 4.98 Å². The number of carbonyl (C=O) groups excluding carboxylic acids is 2. The summed E-state index contributed by atoms with van der Waals surface area (Å²) in [5.41, 5.74) is 0.813. The highest BCUT2D eigenvalue weighted by molar-refractivity contribution is 7.14. The number of hydrogen-bond donors (Lipinski definition) is 2. The van der Waals surface area contributed by atoms with Gasteiger partial charge in [0.05, 0.1) is 17.1 Å². The van der Waals surface area contributed by atoms with Crippen molar-refractivity contribution in [2.45, 2.75) is 19.4 Å². The average Bonchev–Trinajstić information content (AvgIpc) is 3.32. The van der Waals surface area contributed by atoms with E-state index in [9.17, 15) is 9.59 Å². The Labute approximate surface area is 151 Å². The van der Waals surface area contributed by atoms with Gasteiger partial charge in [-0.15, -0.1) is 34.0 Å². The molecule has 3 heterocycles. The molecule has 5 nitrogen and oxygen atoms in total. The van der Waals surface area contributed by atoms with E-state index in [1.54, 1.807) is 17.4 Å². The number of amides is 2. The lowest BCUT2D eigenvalue weighted by Crippen LogP contribution is -2.22. The number of nitrogens with one attached hydrogen (secondary N) is 2. The summed E-state index contributed by atoms with van der Waals surface area (Å²) in [6.07, 6.45) is 0.940. The quantitative estimate of drug-likeness (QED) is 0.658. The Bertz CT molecular complexity index is 795. The normalized spacial score (nSPS) is 10.5. The van der Waals surface area contributed by atoms with Crippen LogP contribution in [0.4, 0.5) is 5.13 Å². The van der Waals surface area contributed by atoms with Crippen LogP contribution in [0.2, 0.25) is 0 Å². The minimum absolute atomic E-state index is 0.000529. The van der Waals surface area contributed by atoms with Crippen molar-refractivity contribution in [3.63, 3.8) is 0 Å². The van der Waals surface area contributed by atoms with Gasteiger partial charge in [0, 0.05) is 16.7 Å². The first kappa shape index (κ1) is 16.8. The van der Waals surface area contributed by atoms with E-state index in [1.165, 1.54) is 22.7 Å². The maximum Gasteiger partial charge on any atom is 0.267 e. The average molecular weight is 378 g/mol. The molecule has 0 aromatic carbocycles. The summed E-state index contributed by atoms with van der Waals surface area (Å²) in [6, 6.07) is 7.56.